The van der Waals surface area contributed by atoms with Gasteiger partial charge in [0.1, 0.15) is 11.7 Å². The fourth-order valence-electron chi connectivity index (χ4n) is 6.08. The standard InChI is InChI=1S/C24H40O5/c1-7-8-19(26)29-24(6)12-11-18(25)23(5,27)13-17-20-15(4)9-10-16(14(2)3)21(20)22(24)28-17/h14,16-18,20-22,25,27H,4,7-13H2,1-3,5-6H3/t16-,17-,18+,20-,21-,22-,23+,24+/m1/s1. The van der Waals surface area contributed by atoms with E-state index in [9.17, 15) is 15.0 Å². The van der Waals surface area contributed by atoms with Crippen LogP contribution in [0.15, 0.2) is 12.2 Å². The van der Waals surface area contributed by atoms with Gasteiger partial charge in [-0.05, 0) is 57.8 Å². The third-order valence-electron chi connectivity index (χ3n) is 7.76. The molecule has 3 rings (SSSR count). The van der Waals surface area contributed by atoms with Crippen molar-refractivity contribution in [2.45, 2.75) is 109 Å². The average molecular weight is 409 g/mol. The Morgan fingerprint density at radius 1 is 1.34 bits per heavy atom. The Morgan fingerprint density at radius 2 is 2.03 bits per heavy atom. The Balaban J connectivity index is 2.04. The number of rotatable bonds is 4. The summed E-state index contributed by atoms with van der Waals surface area (Å²) in [5.74, 6) is 1.08. The van der Waals surface area contributed by atoms with Crippen LogP contribution in [-0.4, -0.2) is 45.7 Å². The number of ether oxygens (including phenoxy) is 2. The maximum atomic E-state index is 12.5. The van der Waals surface area contributed by atoms with Gasteiger partial charge < -0.3 is 19.7 Å². The molecule has 3 fully saturated rings. The van der Waals surface area contributed by atoms with E-state index in [1.54, 1.807) is 6.92 Å². The van der Waals surface area contributed by atoms with Crippen LogP contribution in [0.25, 0.3) is 0 Å². The van der Waals surface area contributed by atoms with Crippen molar-refractivity contribution in [2.75, 3.05) is 0 Å². The van der Waals surface area contributed by atoms with Gasteiger partial charge in [0.2, 0.25) is 0 Å². The van der Waals surface area contributed by atoms with Gasteiger partial charge in [-0.2, -0.15) is 0 Å². The second-order valence-corrected chi connectivity index (χ2v) is 10.5. The SMILES string of the molecule is C=C1CC[C@H](C(C)C)[C@@H]2[C@H]1[C@H]1C[C@](C)(O)[C@@H](O)CC[C@](C)(OC(=O)CCC)[C@@H]2O1. The van der Waals surface area contributed by atoms with Crippen molar-refractivity contribution < 1.29 is 24.5 Å². The van der Waals surface area contributed by atoms with Gasteiger partial charge >= 0.3 is 5.97 Å². The van der Waals surface area contributed by atoms with Crippen molar-refractivity contribution in [3.8, 4) is 0 Å². The fraction of sp³-hybridized carbons (Fsp3) is 0.875. The Labute approximate surface area is 175 Å². The zero-order chi connectivity index (χ0) is 21.6. The normalized spacial score (nSPS) is 45.3. The van der Waals surface area contributed by atoms with Gasteiger partial charge in [0.05, 0.1) is 17.8 Å². The molecule has 2 saturated heterocycles. The molecular formula is C24H40O5. The summed E-state index contributed by atoms with van der Waals surface area (Å²) in [6.45, 7) is 14.5. The average Bonchev–Trinajstić information content (AvgIpc) is 3.00. The summed E-state index contributed by atoms with van der Waals surface area (Å²) in [6.07, 6.45) is 3.02. The third-order valence-corrected chi connectivity index (χ3v) is 7.76. The maximum absolute atomic E-state index is 12.5. The molecular weight excluding hydrogens is 368 g/mol. The highest BCUT2D eigenvalue weighted by molar-refractivity contribution is 5.69. The number of hydrogen-bond donors (Lipinski definition) is 2. The topological polar surface area (TPSA) is 76.0 Å². The highest BCUT2D eigenvalue weighted by Gasteiger charge is 2.60. The molecule has 3 aliphatic rings. The van der Waals surface area contributed by atoms with Crippen LogP contribution in [-0.2, 0) is 14.3 Å². The molecule has 0 aromatic rings. The minimum Gasteiger partial charge on any atom is -0.457 e. The van der Waals surface area contributed by atoms with E-state index in [-0.39, 0.29) is 30.0 Å². The lowest BCUT2D eigenvalue weighted by atomic mass is 9.60. The summed E-state index contributed by atoms with van der Waals surface area (Å²) in [6, 6.07) is 0. The predicted molar refractivity (Wildman–Crippen MR) is 112 cm³/mol. The Hall–Kier alpha value is -0.910. The second kappa shape index (κ2) is 8.32. The van der Waals surface area contributed by atoms with Crippen molar-refractivity contribution >= 4 is 5.97 Å². The zero-order valence-electron chi connectivity index (χ0n) is 18.8. The van der Waals surface area contributed by atoms with E-state index in [4.69, 9.17) is 9.47 Å². The van der Waals surface area contributed by atoms with Crippen LogP contribution in [0.4, 0.5) is 0 Å². The summed E-state index contributed by atoms with van der Waals surface area (Å²) in [4.78, 5) is 12.5. The lowest BCUT2D eigenvalue weighted by molar-refractivity contribution is -0.181. The number of fused-ring (bicyclic) bond motifs is 5. The van der Waals surface area contributed by atoms with Gasteiger partial charge in [-0.3, -0.25) is 4.79 Å². The third kappa shape index (κ3) is 4.28. The zero-order valence-corrected chi connectivity index (χ0v) is 18.8. The number of carbonyl (C=O) groups is 1. The molecule has 0 aromatic heterocycles. The van der Waals surface area contributed by atoms with Crippen molar-refractivity contribution in [3.05, 3.63) is 12.2 Å². The molecule has 166 valence electrons. The molecule has 2 bridgehead atoms. The molecule has 8 atom stereocenters. The van der Waals surface area contributed by atoms with E-state index >= 15 is 0 Å². The molecule has 0 spiro atoms. The monoisotopic (exact) mass is 408 g/mol. The van der Waals surface area contributed by atoms with E-state index in [0.717, 1.165) is 19.3 Å². The molecule has 2 aliphatic heterocycles. The molecule has 1 saturated carbocycles. The largest absolute Gasteiger partial charge is 0.457 e. The smallest absolute Gasteiger partial charge is 0.306 e. The molecule has 2 N–H and O–H groups in total. The number of hydrogen-bond acceptors (Lipinski definition) is 5. The highest BCUT2D eigenvalue weighted by atomic mass is 16.6. The van der Waals surface area contributed by atoms with Crippen LogP contribution in [0.2, 0.25) is 0 Å². The van der Waals surface area contributed by atoms with Crippen molar-refractivity contribution in [1.29, 1.82) is 0 Å². The Kier molecular flexibility index (Phi) is 6.53. The molecule has 29 heavy (non-hydrogen) atoms. The summed E-state index contributed by atoms with van der Waals surface area (Å²) >= 11 is 0. The summed E-state index contributed by atoms with van der Waals surface area (Å²) in [7, 11) is 0. The summed E-state index contributed by atoms with van der Waals surface area (Å²) < 4.78 is 12.7. The van der Waals surface area contributed by atoms with Crippen LogP contribution in [0.5, 0.6) is 0 Å². The molecule has 0 amide bonds. The van der Waals surface area contributed by atoms with Crippen LogP contribution >= 0.6 is 0 Å². The number of aliphatic hydroxyl groups excluding tert-OH is 1. The number of carbonyl (C=O) groups excluding carboxylic acids is 1. The molecule has 5 heteroatoms. The summed E-state index contributed by atoms with van der Waals surface area (Å²) in [5.41, 5.74) is -0.892. The first kappa shape index (κ1) is 22.8. The first-order valence-electron chi connectivity index (χ1n) is 11.5. The maximum Gasteiger partial charge on any atom is 0.306 e. The number of aliphatic hydroxyl groups is 2. The van der Waals surface area contributed by atoms with Gasteiger partial charge in [0, 0.05) is 24.7 Å². The fourth-order valence-corrected chi connectivity index (χ4v) is 6.08. The van der Waals surface area contributed by atoms with Crippen molar-refractivity contribution in [3.63, 3.8) is 0 Å². The molecule has 0 radical (unpaired) electrons. The van der Waals surface area contributed by atoms with E-state index in [1.807, 2.05) is 13.8 Å². The van der Waals surface area contributed by atoms with E-state index < -0.39 is 17.3 Å². The van der Waals surface area contributed by atoms with Gasteiger partial charge in [-0.1, -0.05) is 32.9 Å². The number of esters is 1. The highest BCUT2D eigenvalue weighted by Crippen LogP contribution is 2.56. The van der Waals surface area contributed by atoms with Gasteiger partial charge in [-0.25, -0.2) is 0 Å². The first-order valence-corrected chi connectivity index (χ1v) is 11.5. The predicted octanol–water partition coefficient (Wildman–Crippen LogP) is 4.01. The molecule has 5 nitrogen and oxygen atoms in total. The van der Waals surface area contributed by atoms with E-state index in [0.29, 0.717) is 37.5 Å². The van der Waals surface area contributed by atoms with E-state index in [2.05, 4.69) is 20.4 Å². The lowest BCUT2D eigenvalue weighted by Crippen LogP contribution is -2.52. The van der Waals surface area contributed by atoms with Gasteiger partial charge in [0.25, 0.3) is 0 Å². The van der Waals surface area contributed by atoms with Gasteiger partial charge in [-0.15, -0.1) is 0 Å². The molecule has 0 aromatic carbocycles. The van der Waals surface area contributed by atoms with Crippen LogP contribution in [0, 0.1) is 23.7 Å². The summed E-state index contributed by atoms with van der Waals surface area (Å²) in [5, 5.41) is 21.7. The van der Waals surface area contributed by atoms with Gasteiger partial charge in [0.15, 0.2) is 0 Å². The molecule has 2 heterocycles. The van der Waals surface area contributed by atoms with E-state index in [1.165, 1.54) is 5.57 Å². The van der Waals surface area contributed by atoms with Crippen LogP contribution in [0.3, 0.4) is 0 Å². The quantitative estimate of drug-likeness (QED) is 0.543. The molecule has 1 aliphatic carbocycles. The minimum atomic E-state index is -1.24. The van der Waals surface area contributed by atoms with Crippen LogP contribution < -0.4 is 0 Å². The van der Waals surface area contributed by atoms with Crippen LogP contribution in [0.1, 0.15) is 79.6 Å². The second-order valence-electron chi connectivity index (χ2n) is 10.5. The first-order chi connectivity index (χ1) is 13.5. The Morgan fingerprint density at radius 3 is 2.66 bits per heavy atom. The Bertz CT molecular complexity index is 627. The molecule has 0 unspecified atom stereocenters. The minimum absolute atomic E-state index is 0.127. The van der Waals surface area contributed by atoms with Crippen molar-refractivity contribution in [1.82, 2.24) is 0 Å². The lowest BCUT2D eigenvalue weighted by Gasteiger charge is -2.46. The van der Waals surface area contributed by atoms with Crippen molar-refractivity contribution in [2.24, 2.45) is 23.7 Å².